The number of hydrogen-bond acceptors (Lipinski definition) is 8. The van der Waals surface area contributed by atoms with E-state index < -0.39 is 23.3 Å². The predicted molar refractivity (Wildman–Crippen MR) is 119 cm³/mol. The normalized spacial score (nSPS) is 19.0. The van der Waals surface area contributed by atoms with Crippen molar-refractivity contribution < 1.29 is 33.6 Å². The average molecular weight is 464 g/mol. The molecule has 0 saturated carbocycles. The maximum Gasteiger partial charge on any atom is 0.338 e. The number of imide groups is 1. The topological polar surface area (TPSA) is 133 Å². The Hall–Kier alpha value is -4.34. The van der Waals surface area contributed by atoms with E-state index in [0.29, 0.717) is 18.5 Å². The van der Waals surface area contributed by atoms with Crippen molar-refractivity contribution in [2.45, 2.75) is 12.8 Å². The van der Waals surface area contributed by atoms with Crippen LogP contribution in [0.5, 0.6) is 5.75 Å². The summed E-state index contributed by atoms with van der Waals surface area (Å²) in [5, 5.41) is 11.1. The monoisotopic (exact) mass is 464 g/mol. The van der Waals surface area contributed by atoms with E-state index in [2.05, 4.69) is 0 Å². The van der Waals surface area contributed by atoms with E-state index in [-0.39, 0.29) is 46.2 Å². The van der Waals surface area contributed by atoms with E-state index in [0.717, 1.165) is 11.0 Å². The van der Waals surface area contributed by atoms with E-state index >= 15 is 0 Å². The average Bonchev–Trinajstić information content (AvgIpc) is 3.11. The highest BCUT2D eigenvalue weighted by atomic mass is 16.6. The van der Waals surface area contributed by atoms with E-state index in [1.165, 1.54) is 43.5 Å². The number of nitrogens with zero attached hydrogens (tertiary/aromatic N) is 2. The number of esters is 1. The molecule has 0 radical (unpaired) electrons. The number of carbonyl (C=O) groups is 4. The summed E-state index contributed by atoms with van der Waals surface area (Å²) in [5.41, 5.74) is 0.104. The van der Waals surface area contributed by atoms with Gasteiger partial charge in [-0.05, 0) is 49.2 Å². The molecule has 4 rings (SSSR count). The number of fused-ring (bicyclic) bond motifs is 1. The third-order valence-corrected chi connectivity index (χ3v) is 5.90. The van der Waals surface area contributed by atoms with Crippen molar-refractivity contribution in [1.29, 1.82) is 0 Å². The van der Waals surface area contributed by atoms with Gasteiger partial charge in [-0.3, -0.25) is 29.4 Å². The van der Waals surface area contributed by atoms with Gasteiger partial charge in [0.1, 0.15) is 0 Å². The van der Waals surface area contributed by atoms with Crippen molar-refractivity contribution in [3.8, 4) is 5.75 Å². The zero-order valence-corrected chi connectivity index (χ0v) is 18.1. The first-order valence-corrected chi connectivity index (χ1v) is 10.5. The highest BCUT2D eigenvalue weighted by molar-refractivity contribution is 6.22. The highest BCUT2D eigenvalue weighted by Gasteiger charge is 2.47. The number of hydrogen-bond donors (Lipinski definition) is 0. The summed E-state index contributed by atoms with van der Waals surface area (Å²) in [5.74, 6) is -2.64. The standard InChI is InChI=1S/C24H20N2O8/c1-33-21-11-8-15(12-19(21)26(31)32)20(27)13-34-24(30)14-6-9-16(10-7-14)25-22(28)17-4-2-3-5-18(17)23(25)29/h2-3,6-12,17-18H,4-5,13H2,1H3/t17-,18-/m1/s1. The lowest BCUT2D eigenvalue weighted by Gasteiger charge is -2.15. The van der Waals surface area contributed by atoms with Crippen LogP contribution in [0.2, 0.25) is 0 Å². The van der Waals surface area contributed by atoms with Gasteiger partial charge in [-0.15, -0.1) is 0 Å². The zero-order chi connectivity index (χ0) is 24.4. The first kappa shape index (κ1) is 22.8. The number of ketones is 1. The Bertz CT molecular complexity index is 1190. The molecule has 2 atom stereocenters. The van der Waals surface area contributed by atoms with E-state index in [1.807, 2.05) is 12.2 Å². The number of nitro benzene ring substituents is 1. The number of amides is 2. The third-order valence-electron chi connectivity index (χ3n) is 5.90. The molecule has 2 amide bonds. The van der Waals surface area contributed by atoms with Crippen LogP contribution in [0.1, 0.15) is 33.6 Å². The van der Waals surface area contributed by atoms with Crippen LogP contribution in [0.25, 0.3) is 0 Å². The largest absolute Gasteiger partial charge is 0.490 e. The van der Waals surface area contributed by atoms with Crippen LogP contribution < -0.4 is 9.64 Å². The van der Waals surface area contributed by atoms with Crippen LogP contribution in [-0.4, -0.2) is 42.2 Å². The molecule has 0 bridgehead atoms. The van der Waals surface area contributed by atoms with Gasteiger partial charge in [-0.25, -0.2) is 4.79 Å². The van der Waals surface area contributed by atoms with Crippen molar-refractivity contribution in [3.63, 3.8) is 0 Å². The second-order valence-corrected chi connectivity index (χ2v) is 7.86. The number of benzene rings is 2. The van der Waals surface area contributed by atoms with Gasteiger partial charge in [0.2, 0.25) is 17.6 Å². The summed E-state index contributed by atoms with van der Waals surface area (Å²) in [6.07, 6.45) is 4.86. The lowest BCUT2D eigenvalue weighted by molar-refractivity contribution is -0.385. The Morgan fingerprint density at radius 2 is 1.59 bits per heavy atom. The van der Waals surface area contributed by atoms with Crippen LogP contribution in [-0.2, 0) is 14.3 Å². The Balaban J connectivity index is 1.40. The Labute approximate surface area is 193 Å². The van der Waals surface area contributed by atoms with Crippen molar-refractivity contribution in [2.24, 2.45) is 11.8 Å². The molecular weight excluding hydrogens is 444 g/mol. The number of carbonyl (C=O) groups excluding carboxylic acids is 4. The summed E-state index contributed by atoms with van der Waals surface area (Å²) in [7, 11) is 1.27. The summed E-state index contributed by atoms with van der Waals surface area (Å²) in [6, 6.07) is 9.45. The van der Waals surface area contributed by atoms with Gasteiger partial charge >= 0.3 is 11.7 Å². The first-order valence-electron chi connectivity index (χ1n) is 10.5. The number of rotatable bonds is 7. The van der Waals surface area contributed by atoms with Crippen molar-refractivity contribution in [2.75, 3.05) is 18.6 Å². The van der Waals surface area contributed by atoms with Gasteiger partial charge in [0.15, 0.2) is 12.4 Å². The summed E-state index contributed by atoms with van der Waals surface area (Å²) >= 11 is 0. The quantitative estimate of drug-likeness (QED) is 0.152. The van der Waals surface area contributed by atoms with Gasteiger partial charge < -0.3 is 9.47 Å². The maximum absolute atomic E-state index is 12.7. The molecule has 0 N–H and O–H groups in total. The molecule has 10 heteroatoms. The minimum Gasteiger partial charge on any atom is -0.490 e. The molecule has 0 aromatic heterocycles. The minimum absolute atomic E-state index is 0.00216. The van der Waals surface area contributed by atoms with Crippen LogP contribution >= 0.6 is 0 Å². The molecular formula is C24H20N2O8. The first-order chi connectivity index (χ1) is 16.3. The van der Waals surface area contributed by atoms with E-state index in [1.54, 1.807) is 0 Å². The molecule has 2 aliphatic rings. The third kappa shape index (κ3) is 4.17. The molecule has 0 spiro atoms. The number of anilines is 1. The molecule has 1 saturated heterocycles. The number of Topliss-reactive ketones (excluding diaryl/α,β-unsaturated/α-hetero) is 1. The molecule has 1 heterocycles. The van der Waals surface area contributed by atoms with Gasteiger partial charge in [-0.2, -0.15) is 0 Å². The van der Waals surface area contributed by atoms with Crippen molar-refractivity contribution >= 4 is 34.9 Å². The Morgan fingerprint density at radius 3 is 2.15 bits per heavy atom. The summed E-state index contributed by atoms with van der Waals surface area (Å²) in [4.78, 5) is 61.7. The lowest BCUT2D eigenvalue weighted by Crippen LogP contribution is -2.30. The minimum atomic E-state index is -0.792. The molecule has 174 valence electrons. The molecule has 10 nitrogen and oxygen atoms in total. The molecule has 1 aliphatic carbocycles. The maximum atomic E-state index is 12.7. The van der Waals surface area contributed by atoms with Crippen molar-refractivity contribution in [1.82, 2.24) is 0 Å². The number of allylic oxidation sites excluding steroid dienone is 2. The Morgan fingerprint density at radius 1 is 1.00 bits per heavy atom. The zero-order valence-electron chi connectivity index (χ0n) is 18.1. The molecule has 34 heavy (non-hydrogen) atoms. The Kier molecular flexibility index (Phi) is 6.22. The number of ether oxygens (including phenoxy) is 2. The van der Waals surface area contributed by atoms with Crippen LogP contribution in [0.4, 0.5) is 11.4 Å². The SMILES string of the molecule is COc1ccc(C(=O)COC(=O)c2ccc(N3C(=O)[C@@H]4CC=CC[C@H]4C3=O)cc2)cc1[N+](=O)[O-]. The van der Waals surface area contributed by atoms with Crippen LogP contribution in [0.3, 0.4) is 0 Å². The van der Waals surface area contributed by atoms with E-state index in [4.69, 9.17) is 9.47 Å². The lowest BCUT2D eigenvalue weighted by atomic mass is 9.85. The molecule has 2 aromatic carbocycles. The van der Waals surface area contributed by atoms with Crippen LogP contribution in [0.15, 0.2) is 54.6 Å². The number of methoxy groups -OCH3 is 1. The van der Waals surface area contributed by atoms with Crippen molar-refractivity contribution in [3.05, 3.63) is 75.9 Å². The molecule has 1 fully saturated rings. The fourth-order valence-electron chi connectivity index (χ4n) is 4.11. The smallest absolute Gasteiger partial charge is 0.338 e. The van der Waals surface area contributed by atoms with Gasteiger partial charge in [0, 0.05) is 11.6 Å². The summed E-state index contributed by atoms with van der Waals surface area (Å²) in [6.45, 7) is -0.622. The van der Waals surface area contributed by atoms with Gasteiger partial charge in [-0.1, -0.05) is 12.2 Å². The van der Waals surface area contributed by atoms with Crippen LogP contribution in [0, 0.1) is 22.0 Å². The predicted octanol–water partition coefficient (Wildman–Crippen LogP) is 3.10. The molecule has 1 aliphatic heterocycles. The molecule has 2 aromatic rings. The second kappa shape index (κ2) is 9.26. The fourth-order valence-corrected chi connectivity index (χ4v) is 4.11. The summed E-state index contributed by atoms with van der Waals surface area (Å²) < 4.78 is 9.94. The number of nitro groups is 1. The fraction of sp³-hybridized carbons (Fsp3) is 0.250. The molecule has 0 unspecified atom stereocenters. The van der Waals surface area contributed by atoms with E-state index in [9.17, 15) is 29.3 Å². The highest BCUT2D eigenvalue weighted by Crippen LogP contribution is 2.37. The second-order valence-electron chi connectivity index (χ2n) is 7.86. The van der Waals surface area contributed by atoms with Gasteiger partial charge in [0.25, 0.3) is 0 Å². The van der Waals surface area contributed by atoms with Gasteiger partial charge in [0.05, 0.1) is 35.1 Å².